The smallest absolute Gasteiger partial charge is 0.257 e. The van der Waals surface area contributed by atoms with Crippen LogP contribution in [0.5, 0.6) is 0 Å². The van der Waals surface area contributed by atoms with E-state index in [4.69, 9.17) is 11.6 Å². The maximum absolute atomic E-state index is 12.8. The molecule has 0 aromatic heterocycles. The van der Waals surface area contributed by atoms with Crippen molar-refractivity contribution in [1.29, 1.82) is 0 Å². The van der Waals surface area contributed by atoms with E-state index in [1.807, 2.05) is 41.7 Å². The molecule has 1 saturated heterocycles. The second-order valence-corrected chi connectivity index (χ2v) is 11.5. The minimum absolute atomic E-state index is 0.0586. The lowest BCUT2D eigenvalue weighted by molar-refractivity contribution is 0.102. The molecule has 0 saturated carbocycles. The van der Waals surface area contributed by atoms with E-state index in [2.05, 4.69) is 11.4 Å². The van der Waals surface area contributed by atoms with Crippen LogP contribution in [0.25, 0.3) is 0 Å². The first-order valence-electron chi connectivity index (χ1n) is 9.31. The van der Waals surface area contributed by atoms with Crippen LogP contribution in [0.1, 0.15) is 34.4 Å². The first kappa shape index (κ1) is 22.5. The molecule has 1 fully saturated rings. The molecule has 0 atom stereocenters. The van der Waals surface area contributed by atoms with Crippen LogP contribution < -0.4 is 5.32 Å². The summed E-state index contributed by atoms with van der Waals surface area (Å²) < 4.78 is 27.3. The van der Waals surface area contributed by atoms with Gasteiger partial charge < -0.3 is 5.32 Å². The molecule has 2 aromatic rings. The fourth-order valence-electron chi connectivity index (χ4n) is 3.06. The van der Waals surface area contributed by atoms with Crippen molar-refractivity contribution in [3.8, 4) is 0 Å². The van der Waals surface area contributed by atoms with E-state index >= 15 is 0 Å². The van der Waals surface area contributed by atoms with Gasteiger partial charge in [-0.25, -0.2) is 8.42 Å². The van der Waals surface area contributed by atoms with E-state index in [0.29, 0.717) is 23.4 Å². The van der Waals surface area contributed by atoms with E-state index in [9.17, 15) is 13.2 Å². The number of nitrogens with zero attached hydrogens (tertiary/aromatic N) is 1. The van der Waals surface area contributed by atoms with Gasteiger partial charge in [-0.3, -0.25) is 4.79 Å². The van der Waals surface area contributed by atoms with Gasteiger partial charge in [0.25, 0.3) is 5.91 Å². The van der Waals surface area contributed by atoms with E-state index < -0.39 is 15.9 Å². The van der Waals surface area contributed by atoms with Crippen molar-refractivity contribution in [2.24, 2.45) is 0 Å². The summed E-state index contributed by atoms with van der Waals surface area (Å²) >= 11 is 10.00. The van der Waals surface area contributed by atoms with Gasteiger partial charge in [-0.2, -0.15) is 4.31 Å². The first-order valence-corrected chi connectivity index (χ1v) is 13.2. The zero-order valence-corrected chi connectivity index (χ0v) is 19.4. The molecule has 0 radical (unpaired) electrons. The summed E-state index contributed by atoms with van der Waals surface area (Å²) in [6, 6.07) is 12.0. The molecule has 29 heavy (non-hydrogen) atoms. The maximum Gasteiger partial charge on any atom is 0.257 e. The molecule has 1 aliphatic rings. The number of rotatable bonds is 7. The van der Waals surface area contributed by atoms with Gasteiger partial charge in [0, 0.05) is 30.3 Å². The second-order valence-electron chi connectivity index (χ2n) is 6.38. The highest BCUT2D eigenvalue weighted by atomic mass is 35.5. The van der Waals surface area contributed by atoms with Crippen molar-refractivity contribution in [3.63, 3.8) is 0 Å². The molecule has 9 heteroatoms. The van der Waals surface area contributed by atoms with E-state index in [1.54, 1.807) is 13.8 Å². The van der Waals surface area contributed by atoms with Gasteiger partial charge >= 0.3 is 0 Å². The molecule has 156 valence electrons. The number of anilines is 1. The summed E-state index contributed by atoms with van der Waals surface area (Å²) in [4.78, 5) is 12.9. The lowest BCUT2D eigenvalue weighted by Gasteiger charge is -2.19. The summed E-state index contributed by atoms with van der Waals surface area (Å²) in [7, 11) is -3.68. The summed E-state index contributed by atoms with van der Waals surface area (Å²) in [6.45, 7) is 4.26. The number of carbonyl (C=O) groups excluding carboxylic acids is 1. The number of halogens is 1. The number of thioether (sulfide) groups is 2. The fraction of sp³-hybridized carbons (Fsp3) is 0.350. The molecule has 0 spiro atoms. The third-order valence-corrected chi connectivity index (χ3v) is 10.0. The number of carbonyl (C=O) groups is 1. The van der Waals surface area contributed by atoms with Gasteiger partial charge in [0.2, 0.25) is 10.0 Å². The van der Waals surface area contributed by atoms with Crippen LogP contribution in [0.15, 0.2) is 47.4 Å². The Labute approximate surface area is 185 Å². The monoisotopic (exact) mass is 470 g/mol. The minimum Gasteiger partial charge on any atom is -0.322 e. The molecule has 0 bridgehead atoms. The van der Waals surface area contributed by atoms with Crippen molar-refractivity contribution in [3.05, 3.63) is 58.6 Å². The lowest BCUT2D eigenvalue weighted by Crippen LogP contribution is -2.30. The summed E-state index contributed by atoms with van der Waals surface area (Å²) in [5.74, 6) is 1.81. The molecule has 3 rings (SSSR count). The quantitative estimate of drug-likeness (QED) is 0.609. The van der Waals surface area contributed by atoms with Crippen molar-refractivity contribution < 1.29 is 13.2 Å². The van der Waals surface area contributed by atoms with Crippen LogP contribution in [-0.2, 0) is 10.0 Å². The Kier molecular flexibility index (Phi) is 7.56. The molecule has 1 aliphatic heterocycles. The second kappa shape index (κ2) is 9.75. The van der Waals surface area contributed by atoms with Gasteiger partial charge in [-0.1, -0.05) is 37.6 Å². The molecular weight excluding hydrogens is 448 g/mol. The highest BCUT2D eigenvalue weighted by molar-refractivity contribution is 8.19. The molecule has 2 aromatic carbocycles. The molecule has 0 aliphatic carbocycles. The third-order valence-electron chi connectivity index (χ3n) is 4.56. The third kappa shape index (κ3) is 5.11. The van der Waals surface area contributed by atoms with Gasteiger partial charge in [-0.05, 0) is 35.9 Å². The van der Waals surface area contributed by atoms with Crippen LogP contribution >= 0.6 is 35.1 Å². The van der Waals surface area contributed by atoms with Gasteiger partial charge in [-0.15, -0.1) is 23.5 Å². The molecule has 1 amide bonds. The zero-order chi connectivity index (χ0) is 21.0. The van der Waals surface area contributed by atoms with Crippen LogP contribution in [0.2, 0.25) is 5.02 Å². The predicted molar refractivity (Wildman–Crippen MR) is 124 cm³/mol. The Morgan fingerprint density at radius 3 is 2.48 bits per heavy atom. The van der Waals surface area contributed by atoms with Crippen LogP contribution in [0.3, 0.4) is 0 Å². The van der Waals surface area contributed by atoms with Crippen LogP contribution in [-0.4, -0.2) is 43.2 Å². The van der Waals surface area contributed by atoms with Crippen molar-refractivity contribution in [2.45, 2.75) is 23.3 Å². The standard InChI is InChI=1S/C20H23ClN2O3S3/c1-3-23(4-2)29(25,26)16-8-9-18(21)17(13-16)19(24)22-15-7-5-6-14(12-15)20-27-10-11-28-20/h5-9,12-13,20H,3-4,10-11H2,1-2H3,(H,22,24). The van der Waals surface area contributed by atoms with Crippen LogP contribution in [0, 0.1) is 0 Å². The number of benzene rings is 2. The zero-order valence-electron chi connectivity index (χ0n) is 16.2. The van der Waals surface area contributed by atoms with Gasteiger partial charge in [0.05, 0.1) is 20.1 Å². The van der Waals surface area contributed by atoms with Crippen LogP contribution in [0.4, 0.5) is 5.69 Å². The summed E-state index contributed by atoms with van der Waals surface area (Å²) in [5.41, 5.74) is 1.95. The topological polar surface area (TPSA) is 66.5 Å². The number of amides is 1. The van der Waals surface area contributed by atoms with Crippen molar-refractivity contribution in [2.75, 3.05) is 29.9 Å². The Morgan fingerprint density at radius 1 is 1.14 bits per heavy atom. The average molecular weight is 471 g/mol. The highest BCUT2D eigenvalue weighted by Gasteiger charge is 2.24. The SMILES string of the molecule is CCN(CC)S(=O)(=O)c1ccc(Cl)c(C(=O)Nc2cccc(C3SCCS3)c2)c1. The number of nitrogens with one attached hydrogen (secondary N) is 1. The maximum atomic E-state index is 12.8. The molecule has 1 heterocycles. The predicted octanol–water partition coefficient (Wildman–Crippen LogP) is 5.10. The Bertz CT molecular complexity index is 988. The average Bonchev–Trinajstić information content (AvgIpc) is 3.24. The normalized spacial score (nSPS) is 15.0. The van der Waals surface area contributed by atoms with Crippen molar-refractivity contribution in [1.82, 2.24) is 4.31 Å². The van der Waals surface area contributed by atoms with E-state index in [0.717, 1.165) is 17.1 Å². The molecule has 1 N–H and O–H groups in total. The fourth-order valence-corrected chi connectivity index (χ4v) is 7.59. The lowest BCUT2D eigenvalue weighted by atomic mass is 10.2. The van der Waals surface area contributed by atoms with Gasteiger partial charge in [0.1, 0.15) is 0 Å². The summed E-state index contributed by atoms with van der Waals surface area (Å²) in [6.07, 6.45) is 0. The largest absolute Gasteiger partial charge is 0.322 e. The van der Waals surface area contributed by atoms with Crippen molar-refractivity contribution >= 4 is 56.7 Å². The number of hydrogen-bond acceptors (Lipinski definition) is 5. The Hall–Kier alpha value is -1.19. The summed E-state index contributed by atoms with van der Waals surface area (Å²) in [5, 5.41) is 3.06. The Morgan fingerprint density at radius 2 is 1.83 bits per heavy atom. The van der Waals surface area contributed by atoms with E-state index in [-0.39, 0.29) is 15.5 Å². The Balaban J connectivity index is 1.85. The minimum atomic E-state index is -3.68. The molecule has 5 nitrogen and oxygen atoms in total. The highest BCUT2D eigenvalue weighted by Crippen LogP contribution is 2.45. The molecule has 0 unspecified atom stereocenters. The number of hydrogen-bond donors (Lipinski definition) is 1. The van der Waals surface area contributed by atoms with E-state index in [1.165, 1.54) is 22.5 Å². The van der Waals surface area contributed by atoms with Gasteiger partial charge in [0.15, 0.2) is 0 Å². The molecular formula is C20H23ClN2O3S3. The number of sulfonamides is 1. The first-order chi connectivity index (χ1) is 13.9.